The van der Waals surface area contributed by atoms with Crippen LogP contribution in [0, 0.1) is 6.92 Å². The van der Waals surface area contributed by atoms with E-state index in [-0.39, 0.29) is 18.4 Å². The summed E-state index contributed by atoms with van der Waals surface area (Å²) in [6, 6.07) is 1.51. The second-order valence-corrected chi connectivity index (χ2v) is 3.88. The van der Waals surface area contributed by atoms with E-state index in [2.05, 4.69) is 4.98 Å². The Morgan fingerprint density at radius 1 is 1.44 bits per heavy atom. The number of halogens is 4. The first-order valence-corrected chi connectivity index (χ1v) is 5.21. The third kappa shape index (κ3) is 5.55. The zero-order valence-electron chi connectivity index (χ0n) is 10.1. The number of ether oxygens (including phenoxy) is 1. The average Bonchev–Trinajstić information content (AvgIpc) is 2.18. The van der Waals surface area contributed by atoms with Gasteiger partial charge in [-0.15, -0.1) is 12.4 Å². The Hall–Kier alpha value is -1.01. The van der Waals surface area contributed by atoms with Gasteiger partial charge in [0.15, 0.2) is 0 Å². The number of aromatic nitrogens is 1. The Balaban J connectivity index is 0.00000289. The summed E-state index contributed by atoms with van der Waals surface area (Å²) in [5.74, 6) is 0.360. The highest BCUT2D eigenvalue weighted by Crippen LogP contribution is 2.22. The summed E-state index contributed by atoms with van der Waals surface area (Å²) >= 11 is 0. The van der Waals surface area contributed by atoms with E-state index in [9.17, 15) is 13.2 Å². The van der Waals surface area contributed by atoms with Crippen LogP contribution < -0.4 is 10.5 Å². The van der Waals surface area contributed by atoms with Crippen molar-refractivity contribution in [3.8, 4) is 5.75 Å². The molecule has 0 aliphatic carbocycles. The lowest BCUT2D eigenvalue weighted by atomic mass is 10.1. The SMILES string of the molecule is Cc1cc(C(C)N)ncc1OCCC(F)(F)F.Cl. The van der Waals surface area contributed by atoms with Gasteiger partial charge in [0.05, 0.1) is 24.9 Å². The van der Waals surface area contributed by atoms with Crippen molar-refractivity contribution in [1.29, 1.82) is 0 Å². The molecule has 0 aliphatic rings. The van der Waals surface area contributed by atoms with Crippen molar-refractivity contribution in [2.24, 2.45) is 5.73 Å². The predicted octanol–water partition coefficient (Wildman–Crippen LogP) is 3.16. The molecule has 0 saturated heterocycles. The van der Waals surface area contributed by atoms with Gasteiger partial charge in [0.25, 0.3) is 0 Å². The van der Waals surface area contributed by atoms with Gasteiger partial charge in [0, 0.05) is 6.04 Å². The maximum absolute atomic E-state index is 11.9. The van der Waals surface area contributed by atoms with Gasteiger partial charge < -0.3 is 10.5 Å². The van der Waals surface area contributed by atoms with Crippen molar-refractivity contribution in [3.05, 3.63) is 23.5 Å². The quantitative estimate of drug-likeness (QED) is 0.924. The summed E-state index contributed by atoms with van der Waals surface area (Å²) in [4.78, 5) is 4.02. The summed E-state index contributed by atoms with van der Waals surface area (Å²) in [6.45, 7) is 3.13. The fourth-order valence-electron chi connectivity index (χ4n) is 1.24. The third-order valence-electron chi connectivity index (χ3n) is 2.19. The van der Waals surface area contributed by atoms with Crippen molar-refractivity contribution < 1.29 is 17.9 Å². The van der Waals surface area contributed by atoms with Crippen molar-refractivity contribution in [1.82, 2.24) is 4.98 Å². The molecule has 0 spiro atoms. The first-order chi connectivity index (χ1) is 7.79. The van der Waals surface area contributed by atoms with Gasteiger partial charge in [-0.3, -0.25) is 4.98 Å². The minimum absolute atomic E-state index is 0. The Bertz CT molecular complexity index is 383. The molecule has 0 amide bonds. The fraction of sp³-hybridized carbons (Fsp3) is 0.545. The molecule has 7 heteroatoms. The summed E-state index contributed by atoms with van der Waals surface area (Å²) in [5, 5.41) is 0. The number of aryl methyl sites for hydroxylation is 1. The van der Waals surface area contributed by atoms with Gasteiger partial charge in [0.2, 0.25) is 0 Å². The van der Waals surface area contributed by atoms with Crippen LogP contribution in [0.3, 0.4) is 0 Å². The lowest BCUT2D eigenvalue weighted by molar-refractivity contribution is -0.139. The maximum atomic E-state index is 11.9. The lowest BCUT2D eigenvalue weighted by Gasteiger charge is -2.12. The molecule has 0 aromatic carbocycles. The van der Waals surface area contributed by atoms with Crippen LogP contribution in [0.2, 0.25) is 0 Å². The summed E-state index contributed by atoms with van der Waals surface area (Å²) < 4.78 is 40.8. The highest BCUT2D eigenvalue weighted by atomic mass is 35.5. The van der Waals surface area contributed by atoms with Gasteiger partial charge in [-0.2, -0.15) is 13.2 Å². The van der Waals surface area contributed by atoms with Gasteiger partial charge in [-0.25, -0.2) is 0 Å². The van der Waals surface area contributed by atoms with Crippen LogP contribution in [0.25, 0.3) is 0 Å². The summed E-state index contributed by atoms with van der Waals surface area (Å²) in [5.41, 5.74) is 7.05. The monoisotopic (exact) mass is 284 g/mol. The minimum Gasteiger partial charge on any atom is -0.491 e. The molecule has 1 aromatic rings. The van der Waals surface area contributed by atoms with Crippen molar-refractivity contribution in [3.63, 3.8) is 0 Å². The molecule has 1 aromatic heterocycles. The van der Waals surface area contributed by atoms with E-state index in [1.165, 1.54) is 6.20 Å². The number of alkyl halides is 3. The Morgan fingerprint density at radius 2 is 2.06 bits per heavy atom. The summed E-state index contributed by atoms with van der Waals surface area (Å²) in [7, 11) is 0. The van der Waals surface area contributed by atoms with Gasteiger partial charge in [0.1, 0.15) is 5.75 Å². The number of hydrogen-bond donors (Lipinski definition) is 1. The van der Waals surface area contributed by atoms with Crippen LogP contribution in [0.1, 0.15) is 30.6 Å². The van der Waals surface area contributed by atoms with Crippen LogP contribution >= 0.6 is 12.4 Å². The number of nitrogens with zero attached hydrogens (tertiary/aromatic N) is 1. The van der Waals surface area contributed by atoms with Crippen LogP contribution in [0.4, 0.5) is 13.2 Å². The molecule has 0 saturated carbocycles. The lowest BCUT2D eigenvalue weighted by Crippen LogP contribution is -2.14. The standard InChI is InChI=1S/C11H15F3N2O.ClH/c1-7-5-9(8(2)15)16-6-10(7)17-4-3-11(12,13)14;/h5-6,8H,3-4,15H2,1-2H3;1H. The predicted molar refractivity (Wildman–Crippen MR) is 65.0 cm³/mol. The topological polar surface area (TPSA) is 48.1 Å². The first kappa shape index (κ1) is 17.0. The summed E-state index contributed by atoms with van der Waals surface area (Å²) in [6.07, 6.45) is -3.76. The largest absolute Gasteiger partial charge is 0.491 e. The number of pyridine rings is 1. The molecule has 1 unspecified atom stereocenters. The van der Waals surface area contributed by atoms with Crippen LogP contribution in [-0.2, 0) is 0 Å². The van der Waals surface area contributed by atoms with Crippen molar-refractivity contribution in [2.45, 2.75) is 32.5 Å². The normalized spacial score (nSPS) is 12.8. The van der Waals surface area contributed by atoms with Crippen LogP contribution in [0.5, 0.6) is 5.75 Å². The first-order valence-electron chi connectivity index (χ1n) is 5.21. The van der Waals surface area contributed by atoms with Crippen molar-refractivity contribution >= 4 is 12.4 Å². The molecule has 104 valence electrons. The zero-order valence-corrected chi connectivity index (χ0v) is 10.9. The Labute approximate surface area is 110 Å². The molecular formula is C11H16ClF3N2O. The van der Waals surface area contributed by atoms with Gasteiger partial charge >= 0.3 is 6.18 Å². The van der Waals surface area contributed by atoms with Gasteiger partial charge in [-0.1, -0.05) is 0 Å². The van der Waals surface area contributed by atoms with E-state index >= 15 is 0 Å². The molecule has 0 fully saturated rings. The molecule has 0 bridgehead atoms. The number of rotatable bonds is 4. The van der Waals surface area contributed by atoms with E-state index in [0.29, 0.717) is 11.4 Å². The molecule has 1 atom stereocenters. The second-order valence-electron chi connectivity index (χ2n) is 3.88. The number of nitrogens with two attached hydrogens (primary N) is 1. The molecule has 0 radical (unpaired) electrons. The molecular weight excluding hydrogens is 269 g/mol. The highest BCUT2D eigenvalue weighted by Gasteiger charge is 2.26. The minimum atomic E-state index is -4.20. The van der Waals surface area contributed by atoms with E-state index in [1.807, 2.05) is 0 Å². The van der Waals surface area contributed by atoms with E-state index in [4.69, 9.17) is 10.5 Å². The molecule has 3 nitrogen and oxygen atoms in total. The van der Waals surface area contributed by atoms with Gasteiger partial charge in [-0.05, 0) is 25.5 Å². The van der Waals surface area contributed by atoms with Crippen LogP contribution in [0.15, 0.2) is 12.3 Å². The Morgan fingerprint density at radius 3 is 2.50 bits per heavy atom. The van der Waals surface area contributed by atoms with E-state index in [1.54, 1.807) is 19.9 Å². The zero-order chi connectivity index (χ0) is 13.1. The number of hydrogen-bond acceptors (Lipinski definition) is 3. The second kappa shape index (κ2) is 6.80. The van der Waals surface area contributed by atoms with E-state index in [0.717, 1.165) is 5.56 Å². The average molecular weight is 285 g/mol. The molecule has 2 N–H and O–H groups in total. The molecule has 18 heavy (non-hydrogen) atoms. The molecule has 1 rings (SSSR count). The molecule has 0 aliphatic heterocycles. The van der Waals surface area contributed by atoms with Crippen LogP contribution in [-0.4, -0.2) is 17.8 Å². The fourth-order valence-corrected chi connectivity index (χ4v) is 1.24. The Kier molecular flexibility index (Phi) is 6.42. The van der Waals surface area contributed by atoms with E-state index < -0.39 is 19.2 Å². The highest BCUT2D eigenvalue weighted by molar-refractivity contribution is 5.85. The maximum Gasteiger partial charge on any atom is 0.392 e. The smallest absolute Gasteiger partial charge is 0.392 e. The van der Waals surface area contributed by atoms with Crippen molar-refractivity contribution in [2.75, 3.05) is 6.61 Å². The molecule has 1 heterocycles. The third-order valence-corrected chi connectivity index (χ3v) is 2.19.